The van der Waals surface area contributed by atoms with E-state index < -0.39 is 0 Å². The molecular weight excluding hydrogens is 314 g/mol. The van der Waals surface area contributed by atoms with Crippen LogP contribution in [0.25, 0.3) is 0 Å². The molecule has 5 nitrogen and oxygen atoms in total. The molecule has 23 heavy (non-hydrogen) atoms. The molecule has 118 valence electrons. The average molecular weight is 330 g/mol. The lowest BCUT2D eigenvalue weighted by atomic mass is 10.1. The minimum atomic E-state index is -0.360. The van der Waals surface area contributed by atoms with Crippen LogP contribution in [-0.2, 0) is 6.42 Å². The Morgan fingerprint density at radius 2 is 2.17 bits per heavy atom. The van der Waals surface area contributed by atoms with Crippen molar-refractivity contribution >= 4 is 23.2 Å². The first kappa shape index (κ1) is 14.5. The molecule has 2 aliphatic rings. The number of nitrogens with zero attached hydrogens (tertiary/aromatic N) is 2. The van der Waals surface area contributed by atoms with Gasteiger partial charge in [-0.25, -0.2) is 4.98 Å². The van der Waals surface area contributed by atoms with Crippen LogP contribution in [0.3, 0.4) is 0 Å². The fraction of sp³-hybridized carbons (Fsp3) is 0.353. The van der Waals surface area contributed by atoms with Crippen molar-refractivity contribution in [3.05, 3.63) is 56.7 Å². The van der Waals surface area contributed by atoms with Crippen LogP contribution in [-0.4, -0.2) is 21.9 Å². The summed E-state index contributed by atoms with van der Waals surface area (Å²) in [4.78, 5) is 33.8. The van der Waals surface area contributed by atoms with Crippen LogP contribution in [0.15, 0.2) is 29.2 Å². The Kier molecular flexibility index (Phi) is 3.27. The normalized spacial score (nSPS) is 19.7. The van der Waals surface area contributed by atoms with Crippen molar-refractivity contribution in [2.45, 2.75) is 38.1 Å². The molecule has 1 aromatic carbocycles. The number of benzene rings is 1. The highest BCUT2D eigenvalue weighted by Crippen LogP contribution is 2.37. The number of fused-ring (bicyclic) bond motifs is 1. The summed E-state index contributed by atoms with van der Waals surface area (Å²) in [6.07, 6.45) is 4.24. The fourth-order valence-corrected chi connectivity index (χ4v) is 3.36. The van der Waals surface area contributed by atoms with Gasteiger partial charge < -0.3 is 9.88 Å². The number of rotatable bonds is 2. The van der Waals surface area contributed by atoms with Gasteiger partial charge in [0.05, 0.1) is 0 Å². The molecule has 2 heterocycles. The maximum atomic E-state index is 12.9. The zero-order valence-electron chi connectivity index (χ0n) is 12.7. The average Bonchev–Trinajstić information content (AvgIpc) is 3.29. The lowest BCUT2D eigenvalue weighted by molar-refractivity contribution is 0.0979. The van der Waals surface area contributed by atoms with Crippen molar-refractivity contribution in [1.82, 2.24) is 9.97 Å². The van der Waals surface area contributed by atoms with Gasteiger partial charge in [0.15, 0.2) is 0 Å². The summed E-state index contributed by atoms with van der Waals surface area (Å²) in [6.45, 7) is 1.96. The number of hydrogen-bond donors (Lipinski definition) is 1. The Labute approximate surface area is 138 Å². The smallest absolute Gasteiger partial charge is 0.265 e. The molecule has 1 amide bonds. The van der Waals surface area contributed by atoms with Crippen LogP contribution in [0.4, 0.5) is 5.69 Å². The second kappa shape index (κ2) is 5.20. The van der Waals surface area contributed by atoms with Crippen LogP contribution in [0.1, 0.15) is 47.4 Å². The van der Waals surface area contributed by atoms with Gasteiger partial charge in [0.1, 0.15) is 11.4 Å². The summed E-state index contributed by atoms with van der Waals surface area (Å²) in [5, 5.41) is 0.651. The van der Waals surface area contributed by atoms with E-state index in [9.17, 15) is 9.59 Å². The van der Waals surface area contributed by atoms with E-state index in [0.29, 0.717) is 16.8 Å². The van der Waals surface area contributed by atoms with E-state index in [-0.39, 0.29) is 23.1 Å². The van der Waals surface area contributed by atoms with Crippen molar-refractivity contribution in [1.29, 1.82) is 0 Å². The Balaban J connectivity index is 1.71. The van der Waals surface area contributed by atoms with Crippen LogP contribution in [0, 0.1) is 0 Å². The molecule has 1 fully saturated rings. The molecule has 0 radical (unpaired) electrons. The predicted octanol–water partition coefficient (Wildman–Crippen LogP) is 2.89. The molecule has 1 unspecified atom stereocenters. The van der Waals surface area contributed by atoms with E-state index in [1.54, 1.807) is 11.0 Å². The summed E-state index contributed by atoms with van der Waals surface area (Å²) in [5.41, 5.74) is 1.57. The van der Waals surface area contributed by atoms with Gasteiger partial charge in [-0.05, 0) is 49.9 Å². The third kappa shape index (κ3) is 2.45. The number of anilines is 1. The standard InChI is InChI=1S/C17H16ClN3O2/c1-9-6-11-7-12(18)4-5-14(11)21(9)17(23)13-8-19-15(10-2-3-10)20-16(13)22/h4-5,7-10H,2-3,6H2,1H3,(H,19,20,22). The maximum Gasteiger partial charge on any atom is 0.265 e. The number of H-pyrrole nitrogens is 1. The van der Waals surface area contributed by atoms with Gasteiger partial charge in [0.25, 0.3) is 11.5 Å². The highest BCUT2D eigenvalue weighted by molar-refractivity contribution is 6.30. The number of aromatic amines is 1. The molecule has 0 saturated heterocycles. The van der Waals surface area contributed by atoms with Gasteiger partial charge in [-0.1, -0.05) is 11.6 Å². The summed E-state index contributed by atoms with van der Waals surface area (Å²) < 4.78 is 0. The topological polar surface area (TPSA) is 66.1 Å². The fourth-order valence-electron chi connectivity index (χ4n) is 3.16. The van der Waals surface area contributed by atoms with Crippen molar-refractivity contribution in [2.24, 2.45) is 0 Å². The highest BCUT2D eigenvalue weighted by Gasteiger charge is 2.33. The molecule has 1 saturated carbocycles. The van der Waals surface area contributed by atoms with Gasteiger partial charge in [0, 0.05) is 28.9 Å². The van der Waals surface area contributed by atoms with Gasteiger partial charge in [0.2, 0.25) is 0 Å². The molecule has 6 heteroatoms. The lowest BCUT2D eigenvalue weighted by Crippen LogP contribution is -2.39. The second-order valence-corrected chi connectivity index (χ2v) is 6.72. The minimum Gasteiger partial charge on any atom is -0.310 e. The van der Waals surface area contributed by atoms with Crippen LogP contribution in [0.5, 0.6) is 0 Å². The van der Waals surface area contributed by atoms with E-state index in [1.165, 1.54) is 6.20 Å². The molecule has 1 atom stereocenters. The zero-order chi connectivity index (χ0) is 16.1. The number of hydrogen-bond acceptors (Lipinski definition) is 3. The first-order chi connectivity index (χ1) is 11.0. The highest BCUT2D eigenvalue weighted by atomic mass is 35.5. The molecular formula is C17H16ClN3O2. The third-order valence-corrected chi connectivity index (χ3v) is 4.72. The second-order valence-electron chi connectivity index (χ2n) is 6.29. The Morgan fingerprint density at radius 1 is 1.39 bits per heavy atom. The van der Waals surface area contributed by atoms with Crippen molar-refractivity contribution in [3.8, 4) is 0 Å². The Hall–Kier alpha value is -2.14. The maximum absolute atomic E-state index is 12.9. The van der Waals surface area contributed by atoms with Crippen molar-refractivity contribution < 1.29 is 4.79 Å². The number of carbonyl (C=O) groups is 1. The quantitative estimate of drug-likeness (QED) is 0.921. The van der Waals surface area contributed by atoms with E-state index in [2.05, 4.69) is 9.97 Å². The van der Waals surface area contributed by atoms with E-state index in [1.807, 2.05) is 19.1 Å². The van der Waals surface area contributed by atoms with Gasteiger partial charge in [-0.15, -0.1) is 0 Å². The number of amides is 1. The first-order valence-corrected chi connectivity index (χ1v) is 8.13. The van der Waals surface area contributed by atoms with Crippen molar-refractivity contribution in [2.75, 3.05) is 4.90 Å². The van der Waals surface area contributed by atoms with Gasteiger partial charge in [-0.2, -0.15) is 0 Å². The number of aromatic nitrogens is 2. The molecule has 2 aromatic rings. The van der Waals surface area contributed by atoms with E-state index >= 15 is 0 Å². The monoisotopic (exact) mass is 329 g/mol. The predicted molar refractivity (Wildman–Crippen MR) is 88.3 cm³/mol. The molecule has 0 spiro atoms. The molecule has 1 aliphatic carbocycles. The van der Waals surface area contributed by atoms with Crippen LogP contribution in [0.2, 0.25) is 5.02 Å². The Morgan fingerprint density at radius 3 is 2.87 bits per heavy atom. The van der Waals surface area contributed by atoms with Gasteiger partial charge >= 0.3 is 0 Å². The first-order valence-electron chi connectivity index (χ1n) is 7.76. The number of halogens is 1. The summed E-state index contributed by atoms with van der Waals surface area (Å²) in [6, 6.07) is 5.45. The summed E-state index contributed by atoms with van der Waals surface area (Å²) >= 11 is 6.03. The van der Waals surface area contributed by atoms with E-state index in [4.69, 9.17) is 11.6 Å². The molecule has 4 rings (SSSR count). The third-order valence-electron chi connectivity index (χ3n) is 4.49. The lowest BCUT2D eigenvalue weighted by Gasteiger charge is -2.22. The molecule has 1 N–H and O–H groups in total. The van der Waals surface area contributed by atoms with E-state index in [0.717, 1.165) is 30.5 Å². The largest absolute Gasteiger partial charge is 0.310 e. The van der Waals surface area contributed by atoms with Gasteiger partial charge in [-0.3, -0.25) is 9.59 Å². The molecule has 1 aromatic heterocycles. The summed E-state index contributed by atoms with van der Waals surface area (Å²) in [5.74, 6) is 0.725. The Bertz CT molecular complexity index is 857. The van der Waals surface area contributed by atoms with Crippen LogP contribution >= 0.6 is 11.6 Å². The summed E-state index contributed by atoms with van der Waals surface area (Å²) in [7, 11) is 0. The number of carbonyl (C=O) groups excluding carboxylic acids is 1. The van der Waals surface area contributed by atoms with Crippen molar-refractivity contribution in [3.63, 3.8) is 0 Å². The zero-order valence-corrected chi connectivity index (χ0v) is 13.4. The molecule has 0 bridgehead atoms. The molecule has 1 aliphatic heterocycles. The minimum absolute atomic E-state index is 0.0153. The SMILES string of the molecule is CC1Cc2cc(Cl)ccc2N1C(=O)c1cnc(C2CC2)[nH]c1=O. The number of nitrogens with one attached hydrogen (secondary N) is 1. The van der Waals surface area contributed by atoms with Crippen LogP contribution < -0.4 is 10.5 Å².